The van der Waals surface area contributed by atoms with Crippen LogP contribution in [0.15, 0.2) is 0 Å². The fourth-order valence-corrected chi connectivity index (χ4v) is 2.80. The van der Waals surface area contributed by atoms with Gasteiger partial charge >= 0.3 is 0 Å². The van der Waals surface area contributed by atoms with Crippen LogP contribution in [0.25, 0.3) is 0 Å². The molecule has 0 amide bonds. The molecule has 3 nitrogen and oxygen atoms in total. The van der Waals surface area contributed by atoms with Crippen LogP contribution in [-0.4, -0.2) is 53.2 Å². The van der Waals surface area contributed by atoms with E-state index in [1.807, 2.05) is 0 Å². The third-order valence-corrected chi connectivity index (χ3v) is 3.15. The van der Waals surface area contributed by atoms with Gasteiger partial charge in [0.2, 0.25) is 0 Å². The van der Waals surface area contributed by atoms with Gasteiger partial charge in [0.15, 0.2) is 0 Å². The number of alkyl halides is 1. The highest BCUT2D eigenvalue weighted by molar-refractivity contribution is 6.20. The summed E-state index contributed by atoms with van der Waals surface area (Å²) in [7, 11) is 0. The number of aliphatic hydroxyl groups is 1. The van der Waals surface area contributed by atoms with Crippen molar-refractivity contribution in [1.29, 1.82) is 0 Å². The molecule has 0 aliphatic carbocycles. The Balaban J connectivity index is 0. The Bertz CT molecular complexity index is 139. The Hall–Kier alpha value is 0.170. The van der Waals surface area contributed by atoms with Crippen molar-refractivity contribution in [3.8, 4) is 0 Å². The molecule has 16 heavy (non-hydrogen) atoms. The number of halogens is 1. The lowest BCUT2D eigenvalue weighted by atomic mass is 10.2. The first-order valence-corrected chi connectivity index (χ1v) is 6.67. The van der Waals surface area contributed by atoms with Crippen LogP contribution in [0.2, 0.25) is 0 Å². The number of rotatable bonds is 9. The van der Waals surface area contributed by atoms with Gasteiger partial charge in [-0.3, -0.25) is 0 Å². The van der Waals surface area contributed by atoms with Gasteiger partial charge < -0.3 is 15.1 Å². The van der Waals surface area contributed by atoms with Crippen molar-refractivity contribution < 1.29 is 15.1 Å². The quantitative estimate of drug-likeness (QED) is 0.507. The van der Waals surface area contributed by atoms with Crippen LogP contribution in [-0.2, 0) is 0 Å². The van der Waals surface area contributed by atoms with Gasteiger partial charge in [-0.15, -0.1) is 11.6 Å². The van der Waals surface area contributed by atoms with Crippen molar-refractivity contribution in [3.05, 3.63) is 0 Å². The van der Waals surface area contributed by atoms with Gasteiger partial charge in [-0.2, -0.15) is 0 Å². The van der Waals surface area contributed by atoms with Gasteiger partial charge in [0.25, 0.3) is 0 Å². The van der Waals surface area contributed by atoms with E-state index in [4.69, 9.17) is 16.7 Å². The molecule has 0 aliphatic heterocycles. The number of hydrogen-bond acceptors (Lipinski definition) is 2. The van der Waals surface area contributed by atoms with Crippen molar-refractivity contribution >= 4 is 11.6 Å². The number of quaternary nitrogens is 1. The van der Waals surface area contributed by atoms with E-state index in [0.29, 0.717) is 0 Å². The Kier molecular flexibility index (Phi) is 12.0. The largest absolute Gasteiger partial charge is 0.870 e. The molecule has 100 valence electrons. The van der Waals surface area contributed by atoms with E-state index >= 15 is 0 Å². The minimum absolute atomic E-state index is 0. The molecule has 4 heteroatoms. The average Bonchev–Trinajstić information content (AvgIpc) is 2.18. The van der Waals surface area contributed by atoms with Gasteiger partial charge in [-0.1, -0.05) is 20.8 Å². The molecule has 0 radical (unpaired) electrons. The van der Waals surface area contributed by atoms with Gasteiger partial charge in [-0.05, 0) is 19.3 Å². The van der Waals surface area contributed by atoms with Crippen molar-refractivity contribution in [2.75, 3.05) is 32.8 Å². The van der Waals surface area contributed by atoms with Crippen LogP contribution in [0, 0.1) is 0 Å². The lowest BCUT2D eigenvalue weighted by Crippen LogP contribution is -2.53. The summed E-state index contributed by atoms with van der Waals surface area (Å²) in [5.74, 6) is 0. The molecule has 0 aromatic carbocycles. The Morgan fingerprint density at radius 2 is 1.38 bits per heavy atom. The second-order valence-corrected chi connectivity index (χ2v) is 5.09. The molecule has 2 N–H and O–H groups in total. The van der Waals surface area contributed by atoms with Crippen molar-refractivity contribution in [1.82, 2.24) is 0 Å². The molecule has 0 rings (SSSR count). The normalized spacial score (nSPS) is 13.3. The zero-order chi connectivity index (χ0) is 11.7. The lowest BCUT2D eigenvalue weighted by molar-refractivity contribution is -0.928. The lowest BCUT2D eigenvalue weighted by Gasteiger charge is -2.39. The molecule has 0 bridgehead atoms. The number of nitrogens with zero attached hydrogens (tertiary/aromatic N) is 1. The molecule has 1 atom stereocenters. The van der Waals surface area contributed by atoms with Crippen LogP contribution in [0.3, 0.4) is 0 Å². The van der Waals surface area contributed by atoms with E-state index in [-0.39, 0.29) is 17.5 Å². The molecule has 1 unspecified atom stereocenters. The monoisotopic (exact) mass is 253 g/mol. The minimum atomic E-state index is -0.0883. The predicted molar refractivity (Wildman–Crippen MR) is 69.3 cm³/mol. The molecule has 0 spiro atoms. The van der Waals surface area contributed by atoms with Crippen LogP contribution in [0.1, 0.15) is 40.0 Å². The maximum Gasteiger partial charge on any atom is 0.106 e. The van der Waals surface area contributed by atoms with Crippen LogP contribution < -0.4 is 0 Å². The Morgan fingerprint density at radius 3 is 1.62 bits per heavy atom. The maximum atomic E-state index is 9.06. The van der Waals surface area contributed by atoms with Gasteiger partial charge in [0.05, 0.1) is 32.8 Å². The van der Waals surface area contributed by atoms with Crippen LogP contribution in [0.4, 0.5) is 0 Å². The summed E-state index contributed by atoms with van der Waals surface area (Å²) in [5, 5.41) is 8.97. The summed E-state index contributed by atoms with van der Waals surface area (Å²) >= 11 is 6.09. The minimum Gasteiger partial charge on any atom is -0.870 e. The van der Waals surface area contributed by atoms with Crippen LogP contribution in [0.5, 0.6) is 0 Å². The van der Waals surface area contributed by atoms with E-state index < -0.39 is 0 Å². The van der Waals surface area contributed by atoms with E-state index in [0.717, 1.165) is 11.0 Å². The SMILES string of the molecule is CCC[N+](CCC)(CCC)CC(Cl)CO.[OH-]. The summed E-state index contributed by atoms with van der Waals surface area (Å²) in [6, 6.07) is 0. The Morgan fingerprint density at radius 1 is 1.00 bits per heavy atom. The molecule has 0 fully saturated rings. The molecule has 0 heterocycles. The second kappa shape index (κ2) is 10.3. The molecule has 0 aromatic rings. The Labute approximate surface area is 105 Å². The summed E-state index contributed by atoms with van der Waals surface area (Å²) in [5.41, 5.74) is 0. The van der Waals surface area contributed by atoms with Gasteiger partial charge in [0, 0.05) is 0 Å². The zero-order valence-corrected chi connectivity index (χ0v) is 11.7. The predicted octanol–water partition coefficient (Wildman–Crippen LogP) is 2.46. The summed E-state index contributed by atoms with van der Waals surface area (Å²) in [6.07, 6.45) is 3.57. The van der Waals surface area contributed by atoms with E-state index in [1.54, 1.807) is 0 Å². The first-order chi connectivity index (χ1) is 7.14. The third-order valence-electron chi connectivity index (χ3n) is 2.88. The summed E-state index contributed by atoms with van der Waals surface area (Å²) in [6.45, 7) is 11.2. The van der Waals surface area contributed by atoms with E-state index in [9.17, 15) is 0 Å². The van der Waals surface area contributed by atoms with Crippen molar-refractivity contribution in [2.45, 2.75) is 45.4 Å². The van der Waals surface area contributed by atoms with Gasteiger partial charge in [-0.25, -0.2) is 0 Å². The van der Waals surface area contributed by atoms with E-state index in [2.05, 4.69) is 20.8 Å². The molecule has 0 aliphatic rings. The molecular weight excluding hydrogens is 226 g/mol. The molecule has 0 saturated carbocycles. The molecular formula is C12H28ClNO2. The highest BCUT2D eigenvalue weighted by Crippen LogP contribution is 2.15. The third kappa shape index (κ3) is 6.69. The first kappa shape index (κ1) is 18.5. The van der Waals surface area contributed by atoms with Crippen molar-refractivity contribution in [3.63, 3.8) is 0 Å². The number of aliphatic hydroxyl groups excluding tert-OH is 1. The fraction of sp³-hybridized carbons (Fsp3) is 1.00. The standard InChI is InChI=1S/C12H27ClNO.H2O/c1-4-7-14(8-5-2,9-6-3)10-12(13)11-15;/h12,15H,4-11H2,1-3H3;1H2/q+1;/p-1. The average molecular weight is 254 g/mol. The fourth-order valence-electron chi connectivity index (χ4n) is 2.51. The highest BCUT2D eigenvalue weighted by Gasteiger charge is 2.27. The zero-order valence-electron chi connectivity index (χ0n) is 11.0. The highest BCUT2D eigenvalue weighted by atomic mass is 35.5. The maximum absolute atomic E-state index is 9.06. The molecule has 0 saturated heterocycles. The summed E-state index contributed by atoms with van der Waals surface area (Å²) < 4.78 is 1.08. The van der Waals surface area contributed by atoms with Crippen LogP contribution >= 0.6 is 11.6 Å². The molecule has 0 aromatic heterocycles. The second-order valence-electron chi connectivity index (χ2n) is 4.47. The summed E-state index contributed by atoms with van der Waals surface area (Å²) in [4.78, 5) is 0. The van der Waals surface area contributed by atoms with Gasteiger partial charge in [0.1, 0.15) is 5.38 Å². The number of hydrogen-bond donors (Lipinski definition) is 1. The smallest absolute Gasteiger partial charge is 0.106 e. The topological polar surface area (TPSA) is 50.2 Å². The van der Waals surface area contributed by atoms with E-state index in [1.165, 1.54) is 38.9 Å². The van der Waals surface area contributed by atoms with Crippen molar-refractivity contribution in [2.24, 2.45) is 0 Å². The first-order valence-electron chi connectivity index (χ1n) is 6.24.